The third kappa shape index (κ3) is 6.47. The molecule has 0 fully saturated rings. The van der Waals surface area contributed by atoms with Crippen LogP contribution in [-0.4, -0.2) is 65.1 Å². The van der Waals surface area contributed by atoms with Crippen LogP contribution in [0.5, 0.6) is 11.5 Å². The summed E-state index contributed by atoms with van der Waals surface area (Å²) in [6.07, 6.45) is 2.99. The van der Waals surface area contributed by atoms with E-state index < -0.39 is 5.60 Å². The highest BCUT2D eigenvalue weighted by molar-refractivity contribution is 5.85. The Morgan fingerprint density at radius 1 is 1.06 bits per heavy atom. The molecule has 1 aromatic carbocycles. The quantitative estimate of drug-likeness (QED) is 0.309. The molecule has 34 heavy (non-hydrogen) atoms. The lowest BCUT2D eigenvalue weighted by atomic mass is 10.1. The van der Waals surface area contributed by atoms with Crippen LogP contribution in [0, 0.1) is 6.92 Å². The summed E-state index contributed by atoms with van der Waals surface area (Å²) in [4.78, 5) is 16.6. The first-order valence-corrected chi connectivity index (χ1v) is 11.5. The maximum Gasteiger partial charge on any atom is 0.306 e. The number of fused-ring (bicyclic) bond motifs is 3. The predicted octanol–water partition coefficient (Wildman–Crippen LogP) is 3.93. The van der Waals surface area contributed by atoms with Crippen molar-refractivity contribution in [2.45, 2.75) is 59.0 Å². The summed E-state index contributed by atoms with van der Waals surface area (Å²) < 4.78 is 23.7. The lowest BCUT2D eigenvalue weighted by molar-refractivity contribution is -0.154. The Morgan fingerprint density at radius 2 is 1.85 bits per heavy atom. The second-order valence-electron chi connectivity index (χ2n) is 9.02. The molecule has 0 aliphatic rings. The third-order valence-electron chi connectivity index (χ3n) is 5.09. The highest BCUT2D eigenvalue weighted by Crippen LogP contribution is 2.33. The first-order chi connectivity index (χ1) is 16.2. The fraction of sp³-hybridized carbons (Fsp3) is 0.583. The average molecular weight is 474 g/mol. The monoisotopic (exact) mass is 473 g/mol. The third-order valence-corrected chi connectivity index (χ3v) is 5.09. The van der Waals surface area contributed by atoms with Crippen molar-refractivity contribution in [1.29, 1.82) is 0 Å². The van der Waals surface area contributed by atoms with E-state index in [0.29, 0.717) is 49.1 Å². The van der Waals surface area contributed by atoms with Crippen molar-refractivity contribution in [3.05, 3.63) is 18.0 Å². The van der Waals surface area contributed by atoms with E-state index in [-0.39, 0.29) is 5.97 Å². The van der Waals surface area contributed by atoms with Gasteiger partial charge in [0.15, 0.2) is 17.3 Å². The van der Waals surface area contributed by atoms with Crippen LogP contribution in [0.1, 0.15) is 52.3 Å². The number of unbranched alkanes of at least 4 members (excludes halogenated alkanes) is 2. The fourth-order valence-corrected chi connectivity index (χ4v) is 3.58. The van der Waals surface area contributed by atoms with Gasteiger partial charge in [0, 0.05) is 32.2 Å². The second-order valence-corrected chi connectivity index (χ2v) is 9.02. The van der Waals surface area contributed by atoms with E-state index >= 15 is 0 Å². The number of hydrogen-bond acceptors (Lipinski definition) is 9. The second kappa shape index (κ2) is 11.3. The summed E-state index contributed by atoms with van der Waals surface area (Å²) in [5.74, 6) is 2.44. The molecular weight excluding hydrogens is 438 g/mol. The Labute approximate surface area is 199 Å². The molecule has 0 radical (unpaired) electrons. The molecule has 1 N–H and O–H groups in total. The van der Waals surface area contributed by atoms with Crippen LogP contribution in [0.25, 0.3) is 16.7 Å². The Kier molecular flexibility index (Phi) is 8.49. The van der Waals surface area contributed by atoms with Crippen LogP contribution in [0.15, 0.2) is 12.1 Å². The Morgan fingerprint density at radius 3 is 2.56 bits per heavy atom. The minimum Gasteiger partial charge on any atom is -0.493 e. The maximum atomic E-state index is 11.8. The topological polar surface area (TPSA) is 109 Å². The van der Waals surface area contributed by atoms with Gasteiger partial charge in [0.25, 0.3) is 0 Å². The van der Waals surface area contributed by atoms with E-state index in [1.165, 1.54) is 0 Å². The van der Waals surface area contributed by atoms with Gasteiger partial charge in [0.05, 0.1) is 24.8 Å². The summed E-state index contributed by atoms with van der Waals surface area (Å²) in [6, 6.07) is 3.74. The van der Waals surface area contributed by atoms with Crippen LogP contribution >= 0.6 is 0 Å². The molecule has 10 nitrogen and oxygen atoms in total. The zero-order valence-corrected chi connectivity index (χ0v) is 20.9. The maximum absolute atomic E-state index is 11.8. The number of carbonyl (C=O) groups excluding carboxylic acids is 1. The zero-order chi connectivity index (χ0) is 24.7. The highest BCUT2D eigenvalue weighted by atomic mass is 16.6. The molecule has 0 unspecified atom stereocenters. The molecule has 3 rings (SSSR count). The highest BCUT2D eigenvalue weighted by Gasteiger charge is 2.17. The van der Waals surface area contributed by atoms with E-state index in [0.717, 1.165) is 36.1 Å². The summed E-state index contributed by atoms with van der Waals surface area (Å²) in [7, 11) is 3.23. The SMILES string of the molecule is COCCOc1cc2c(cc1OC)nc(NCCCCCC(=O)OC(C)(C)C)c1nnc(C)n12. The predicted molar refractivity (Wildman–Crippen MR) is 130 cm³/mol. The van der Waals surface area contributed by atoms with Crippen molar-refractivity contribution in [3.8, 4) is 11.5 Å². The molecule has 0 bridgehead atoms. The average Bonchev–Trinajstić information content (AvgIpc) is 3.16. The van der Waals surface area contributed by atoms with Crippen LogP contribution in [0.4, 0.5) is 5.82 Å². The van der Waals surface area contributed by atoms with Crippen molar-refractivity contribution in [2.24, 2.45) is 0 Å². The number of aryl methyl sites for hydroxylation is 1. The van der Waals surface area contributed by atoms with Crippen LogP contribution in [-0.2, 0) is 14.3 Å². The molecule has 0 amide bonds. The van der Waals surface area contributed by atoms with Crippen molar-refractivity contribution in [2.75, 3.05) is 39.3 Å². The number of hydrogen-bond donors (Lipinski definition) is 1. The summed E-state index contributed by atoms with van der Waals surface area (Å²) in [5, 5.41) is 11.9. The van der Waals surface area contributed by atoms with E-state index in [4.69, 9.17) is 23.9 Å². The minimum absolute atomic E-state index is 0.156. The van der Waals surface area contributed by atoms with Gasteiger partial charge in [-0.1, -0.05) is 6.42 Å². The number of benzene rings is 1. The number of rotatable bonds is 12. The molecule has 0 spiro atoms. The first-order valence-electron chi connectivity index (χ1n) is 11.5. The fourth-order valence-electron chi connectivity index (χ4n) is 3.58. The summed E-state index contributed by atoms with van der Waals surface area (Å²) in [5.41, 5.74) is 1.76. The molecule has 186 valence electrons. The van der Waals surface area contributed by atoms with E-state index in [2.05, 4.69) is 15.5 Å². The van der Waals surface area contributed by atoms with E-state index in [1.807, 2.05) is 44.2 Å². The number of nitrogens with one attached hydrogen (secondary N) is 1. The molecule has 0 saturated heterocycles. The van der Waals surface area contributed by atoms with Crippen LogP contribution in [0.2, 0.25) is 0 Å². The molecule has 0 atom stereocenters. The van der Waals surface area contributed by atoms with Crippen molar-refractivity contribution < 1.29 is 23.7 Å². The van der Waals surface area contributed by atoms with Crippen molar-refractivity contribution in [1.82, 2.24) is 19.6 Å². The van der Waals surface area contributed by atoms with Gasteiger partial charge >= 0.3 is 5.97 Å². The van der Waals surface area contributed by atoms with Gasteiger partial charge in [-0.25, -0.2) is 4.98 Å². The van der Waals surface area contributed by atoms with Crippen molar-refractivity contribution in [3.63, 3.8) is 0 Å². The summed E-state index contributed by atoms with van der Waals surface area (Å²) >= 11 is 0. The minimum atomic E-state index is -0.443. The van der Waals surface area contributed by atoms with Crippen molar-refractivity contribution >= 4 is 28.5 Å². The molecule has 2 heterocycles. The Bertz CT molecular complexity index is 1120. The smallest absolute Gasteiger partial charge is 0.306 e. The van der Waals surface area contributed by atoms with Gasteiger partial charge in [-0.05, 0) is 40.5 Å². The zero-order valence-electron chi connectivity index (χ0n) is 20.9. The lowest BCUT2D eigenvalue weighted by Crippen LogP contribution is -2.23. The first kappa shape index (κ1) is 25.5. The molecule has 0 aliphatic carbocycles. The standard InChI is InChI=1S/C24H35N5O5/c1-16-27-28-23-22(25-11-9-7-8-10-21(30)34-24(2,3)4)26-17-14-19(32-6)20(33-13-12-31-5)15-18(17)29(16)23/h14-15H,7-13H2,1-6H3,(H,25,26). The number of anilines is 1. The Hall–Kier alpha value is -3.14. The van der Waals surface area contributed by atoms with Gasteiger partial charge < -0.3 is 24.3 Å². The molecule has 10 heteroatoms. The molecular formula is C24H35N5O5. The lowest BCUT2D eigenvalue weighted by Gasteiger charge is -2.19. The number of aromatic nitrogens is 4. The molecule has 2 aromatic heterocycles. The van der Waals surface area contributed by atoms with Gasteiger partial charge in [-0.3, -0.25) is 9.20 Å². The van der Waals surface area contributed by atoms with Gasteiger partial charge in [0.1, 0.15) is 18.0 Å². The van der Waals surface area contributed by atoms with Crippen LogP contribution in [0.3, 0.4) is 0 Å². The number of methoxy groups -OCH3 is 2. The van der Waals surface area contributed by atoms with Gasteiger partial charge in [0.2, 0.25) is 5.65 Å². The molecule has 0 aliphatic heterocycles. The van der Waals surface area contributed by atoms with E-state index in [9.17, 15) is 4.79 Å². The number of esters is 1. The number of carbonyl (C=O) groups is 1. The summed E-state index contributed by atoms with van der Waals surface area (Å²) in [6.45, 7) is 9.11. The van der Waals surface area contributed by atoms with Gasteiger partial charge in [-0.2, -0.15) is 0 Å². The van der Waals surface area contributed by atoms with Crippen LogP contribution < -0.4 is 14.8 Å². The van der Waals surface area contributed by atoms with E-state index in [1.54, 1.807) is 14.2 Å². The normalized spacial score (nSPS) is 11.7. The molecule has 3 aromatic rings. The largest absolute Gasteiger partial charge is 0.493 e. The number of ether oxygens (including phenoxy) is 4. The molecule has 0 saturated carbocycles. The van der Waals surface area contributed by atoms with Gasteiger partial charge in [-0.15, -0.1) is 10.2 Å². The number of nitrogens with zero attached hydrogens (tertiary/aromatic N) is 4. The Balaban J connectivity index is 1.71.